The van der Waals surface area contributed by atoms with E-state index in [0.717, 1.165) is 16.0 Å². The second kappa shape index (κ2) is 10.4. The van der Waals surface area contributed by atoms with Gasteiger partial charge in [0.15, 0.2) is 5.96 Å². The summed E-state index contributed by atoms with van der Waals surface area (Å²) < 4.78 is 8.39. The Kier molecular flexibility index (Phi) is 8.92. The SMILES string of the molecule is CN=C(NCCOc1ccc(Br)cc1)NCc1ncnn1C.I. The van der Waals surface area contributed by atoms with Crippen LogP contribution in [0.5, 0.6) is 5.75 Å². The fourth-order valence-corrected chi connectivity index (χ4v) is 2.00. The zero-order valence-corrected chi connectivity index (χ0v) is 16.9. The second-order valence-corrected chi connectivity index (χ2v) is 5.37. The normalized spacial score (nSPS) is 10.8. The molecule has 0 spiro atoms. The Balaban J connectivity index is 0.00000264. The summed E-state index contributed by atoms with van der Waals surface area (Å²) in [5.41, 5.74) is 0. The van der Waals surface area contributed by atoms with Crippen molar-refractivity contribution in [2.24, 2.45) is 12.0 Å². The van der Waals surface area contributed by atoms with Gasteiger partial charge in [-0.15, -0.1) is 24.0 Å². The van der Waals surface area contributed by atoms with Crippen LogP contribution in [-0.2, 0) is 13.6 Å². The molecule has 9 heteroatoms. The largest absolute Gasteiger partial charge is 0.492 e. The van der Waals surface area contributed by atoms with Crippen LogP contribution in [0, 0.1) is 0 Å². The lowest BCUT2D eigenvalue weighted by Gasteiger charge is -2.12. The Labute approximate surface area is 161 Å². The van der Waals surface area contributed by atoms with Crippen molar-refractivity contribution in [3.8, 4) is 5.75 Å². The molecule has 2 N–H and O–H groups in total. The number of nitrogens with one attached hydrogen (secondary N) is 2. The molecule has 2 rings (SSSR count). The van der Waals surface area contributed by atoms with E-state index in [0.29, 0.717) is 25.7 Å². The fraction of sp³-hybridized carbons (Fsp3) is 0.357. The highest BCUT2D eigenvalue weighted by Gasteiger charge is 2.02. The fourth-order valence-electron chi connectivity index (χ4n) is 1.73. The molecule has 0 atom stereocenters. The van der Waals surface area contributed by atoms with Crippen molar-refractivity contribution in [3.63, 3.8) is 0 Å². The van der Waals surface area contributed by atoms with E-state index in [4.69, 9.17) is 4.74 Å². The number of nitrogens with zero attached hydrogens (tertiary/aromatic N) is 4. The van der Waals surface area contributed by atoms with Crippen molar-refractivity contribution in [1.82, 2.24) is 25.4 Å². The first-order chi connectivity index (χ1) is 10.7. The first kappa shape index (κ1) is 19.7. The molecule has 0 aliphatic carbocycles. The number of aliphatic imine (C=N–C) groups is 1. The van der Waals surface area contributed by atoms with Gasteiger partial charge in [0.2, 0.25) is 0 Å². The molecule has 1 heterocycles. The third-order valence-corrected chi connectivity index (χ3v) is 3.45. The van der Waals surface area contributed by atoms with Gasteiger partial charge < -0.3 is 15.4 Å². The van der Waals surface area contributed by atoms with Gasteiger partial charge in [0.25, 0.3) is 0 Å². The van der Waals surface area contributed by atoms with E-state index in [1.54, 1.807) is 11.7 Å². The van der Waals surface area contributed by atoms with Crippen molar-refractivity contribution in [3.05, 3.63) is 40.9 Å². The highest BCUT2D eigenvalue weighted by Crippen LogP contribution is 2.15. The van der Waals surface area contributed by atoms with Gasteiger partial charge in [-0.3, -0.25) is 9.67 Å². The van der Waals surface area contributed by atoms with Gasteiger partial charge in [-0.2, -0.15) is 5.10 Å². The van der Waals surface area contributed by atoms with E-state index in [-0.39, 0.29) is 24.0 Å². The van der Waals surface area contributed by atoms with E-state index >= 15 is 0 Å². The first-order valence-electron chi connectivity index (χ1n) is 6.85. The van der Waals surface area contributed by atoms with Crippen LogP contribution < -0.4 is 15.4 Å². The molecule has 23 heavy (non-hydrogen) atoms. The summed E-state index contributed by atoms with van der Waals surface area (Å²) in [5.74, 6) is 2.38. The summed E-state index contributed by atoms with van der Waals surface area (Å²) in [6, 6.07) is 7.74. The molecule has 0 aliphatic rings. The van der Waals surface area contributed by atoms with E-state index in [1.807, 2.05) is 31.3 Å². The van der Waals surface area contributed by atoms with Crippen molar-refractivity contribution in [1.29, 1.82) is 0 Å². The van der Waals surface area contributed by atoms with Crippen LogP contribution >= 0.6 is 39.9 Å². The predicted octanol–water partition coefficient (Wildman–Crippen LogP) is 1.94. The van der Waals surface area contributed by atoms with Gasteiger partial charge >= 0.3 is 0 Å². The number of hydrogen-bond acceptors (Lipinski definition) is 4. The Hall–Kier alpha value is -1.36. The molecular weight excluding hydrogens is 475 g/mol. The minimum Gasteiger partial charge on any atom is -0.492 e. The molecule has 0 aliphatic heterocycles. The summed E-state index contributed by atoms with van der Waals surface area (Å²) in [6.07, 6.45) is 1.53. The van der Waals surface area contributed by atoms with E-state index in [1.165, 1.54) is 6.33 Å². The van der Waals surface area contributed by atoms with Crippen LogP contribution in [-0.4, -0.2) is 40.9 Å². The average molecular weight is 495 g/mol. The number of benzene rings is 1. The van der Waals surface area contributed by atoms with Crippen LogP contribution in [0.1, 0.15) is 5.82 Å². The Morgan fingerprint density at radius 3 is 2.65 bits per heavy atom. The minimum atomic E-state index is 0. The lowest BCUT2D eigenvalue weighted by Crippen LogP contribution is -2.39. The average Bonchev–Trinajstić information content (AvgIpc) is 2.93. The standard InChI is InChI=1S/C14H19BrN6O.HI/c1-16-14(18-9-13-19-10-20-21(13)2)17-7-8-22-12-5-3-11(15)4-6-12;/h3-6,10H,7-9H2,1-2H3,(H2,16,17,18);1H. The molecule has 0 fully saturated rings. The molecule has 1 aromatic heterocycles. The molecule has 1 aromatic carbocycles. The van der Waals surface area contributed by atoms with Crippen LogP contribution in [0.2, 0.25) is 0 Å². The predicted molar refractivity (Wildman–Crippen MR) is 104 cm³/mol. The van der Waals surface area contributed by atoms with Crippen LogP contribution in [0.3, 0.4) is 0 Å². The van der Waals surface area contributed by atoms with E-state index < -0.39 is 0 Å². The van der Waals surface area contributed by atoms with Crippen molar-refractivity contribution < 1.29 is 4.74 Å². The van der Waals surface area contributed by atoms with E-state index in [2.05, 4.69) is 41.6 Å². The highest BCUT2D eigenvalue weighted by atomic mass is 127. The number of aryl methyl sites for hydroxylation is 1. The van der Waals surface area contributed by atoms with Crippen LogP contribution in [0.4, 0.5) is 0 Å². The quantitative estimate of drug-likeness (QED) is 0.278. The highest BCUT2D eigenvalue weighted by molar-refractivity contribution is 14.0. The van der Waals surface area contributed by atoms with Crippen molar-refractivity contribution in [2.75, 3.05) is 20.2 Å². The molecule has 0 radical (unpaired) electrons. The van der Waals surface area contributed by atoms with Gasteiger partial charge in [-0.05, 0) is 24.3 Å². The number of ether oxygens (including phenoxy) is 1. The van der Waals surface area contributed by atoms with Gasteiger partial charge in [-0.25, -0.2) is 4.98 Å². The monoisotopic (exact) mass is 494 g/mol. The maximum Gasteiger partial charge on any atom is 0.191 e. The van der Waals surface area contributed by atoms with Gasteiger partial charge in [-0.1, -0.05) is 15.9 Å². The number of guanidine groups is 1. The van der Waals surface area contributed by atoms with Gasteiger partial charge in [0.05, 0.1) is 13.1 Å². The van der Waals surface area contributed by atoms with Crippen LogP contribution in [0.25, 0.3) is 0 Å². The Morgan fingerprint density at radius 1 is 1.30 bits per heavy atom. The summed E-state index contributed by atoms with van der Waals surface area (Å²) in [6.45, 7) is 1.75. The summed E-state index contributed by atoms with van der Waals surface area (Å²) >= 11 is 3.39. The molecule has 2 aromatic rings. The summed E-state index contributed by atoms with van der Waals surface area (Å²) in [5, 5.41) is 10.4. The maximum absolute atomic E-state index is 5.63. The van der Waals surface area contributed by atoms with Crippen molar-refractivity contribution >= 4 is 45.9 Å². The van der Waals surface area contributed by atoms with Gasteiger partial charge in [0.1, 0.15) is 24.5 Å². The summed E-state index contributed by atoms with van der Waals surface area (Å²) in [4.78, 5) is 8.29. The third kappa shape index (κ3) is 6.73. The first-order valence-corrected chi connectivity index (χ1v) is 7.64. The molecule has 0 saturated carbocycles. The Morgan fingerprint density at radius 2 is 2.04 bits per heavy atom. The Bertz CT molecular complexity index is 616. The molecule has 126 valence electrons. The maximum atomic E-state index is 5.63. The lowest BCUT2D eigenvalue weighted by molar-refractivity contribution is 0.322. The van der Waals surface area contributed by atoms with Crippen LogP contribution in [0.15, 0.2) is 40.1 Å². The van der Waals surface area contributed by atoms with E-state index in [9.17, 15) is 0 Å². The summed E-state index contributed by atoms with van der Waals surface area (Å²) in [7, 11) is 3.58. The number of hydrogen-bond donors (Lipinski definition) is 2. The van der Waals surface area contributed by atoms with Gasteiger partial charge in [0, 0.05) is 18.6 Å². The lowest BCUT2D eigenvalue weighted by atomic mass is 10.3. The number of aromatic nitrogens is 3. The third-order valence-electron chi connectivity index (χ3n) is 2.92. The molecule has 0 amide bonds. The molecule has 0 saturated heterocycles. The number of rotatable bonds is 6. The second-order valence-electron chi connectivity index (χ2n) is 4.45. The van der Waals surface area contributed by atoms with Crippen molar-refractivity contribution in [2.45, 2.75) is 6.54 Å². The molecule has 7 nitrogen and oxygen atoms in total. The zero-order chi connectivity index (χ0) is 15.8. The number of halogens is 2. The smallest absolute Gasteiger partial charge is 0.191 e. The minimum absolute atomic E-state index is 0. The topological polar surface area (TPSA) is 76.4 Å². The molecular formula is C14H20BrIN6O. The molecule has 0 bridgehead atoms. The molecule has 0 unspecified atom stereocenters. The zero-order valence-electron chi connectivity index (χ0n) is 13.0.